The van der Waals surface area contributed by atoms with Gasteiger partial charge in [-0.1, -0.05) is 23.7 Å². The lowest BCUT2D eigenvalue weighted by Gasteiger charge is -2.08. The van der Waals surface area contributed by atoms with Gasteiger partial charge in [0.25, 0.3) is 0 Å². The van der Waals surface area contributed by atoms with Crippen molar-refractivity contribution in [3.8, 4) is 0 Å². The van der Waals surface area contributed by atoms with Crippen LogP contribution < -0.4 is 10.6 Å². The highest BCUT2D eigenvalue weighted by molar-refractivity contribution is 6.30. The van der Waals surface area contributed by atoms with Gasteiger partial charge in [-0.15, -0.1) is 0 Å². The zero-order valence-electron chi connectivity index (χ0n) is 12.0. The molecule has 0 amide bonds. The Hall–Kier alpha value is -1.85. The molecule has 5 nitrogen and oxygen atoms in total. The Labute approximate surface area is 129 Å². The molecular formula is C15H19ClN4O. The molecule has 0 saturated carbocycles. The molecule has 6 heteroatoms. The van der Waals surface area contributed by atoms with Gasteiger partial charge < -0.3 is 15.4 Å². The first-order valence-corrected chi connectivity index (χ1v) is 7.19. The monoisotopic (exact) mass is 306 g/mol. The molecule has 0 spiro atoms. The lowest BCUT2D eigenvalue weighted by atomic mass is 10.1. The van der Waals surface area contributed by atoms with E-state index in [1.165, 1.54) is 11.9 Å². The Morgan fingerprint density at radius 1 is 1.10 bits per heavy atom. The summed E-state index contributed by atoms with van der Waals surface area (Å²) in [6.45, 7) is 2.14. The molecule has 21 heavy (non-hydrogen) atoms. The molecule has 1 aromatic heterocycles. The minimum Gasteiger partial charge on any atom is -0.383 e. The van der Waals surface area contributed by atoms with Crippen molar-refractivity contribution < 1.29 is 4.74 Å². The van der Waals surface area contributed by atoms with Gasteiger partial charge in [0.2, 0.25) is 0 Å². The number of hydrogen-bond acceptors (Lipinski definition) is 5. The van der Waals surface area contributed by atoms with Crippen LogP contribution in [0.25, 0.3) is 0 Å². The molecule has 2 N–H and O–H groups in total. The SMILES string of the molecule is COCCNc1cc(NCCc2cccc(Cl)c2)ncn1. The summed E-state index contributed by atoms with van der Waals surface area (Å²) in [5.74, 6) is 1.58. The first kappa shape index (κ1) is 15.5. The van der Waals surface area contributed by atoms with Gasteiger partial charge in [-0.3, -0.25) is 0 Å². The minimum atomic E-state index is 0.640. The highest BCUT2D eigenvalue weighted by atomic mass is 35.5. The summed E-state index contributed by atoms with van der Waals surface area (Å²) in [5.41, 5.74) is 1.20. The third kappa shape index (κ3) is 5.57. The van der Waals surface area contributed by atoms with Crippen molar-refractivity contribution in [3.05, 3.63) is 47.2 Å². The van der Waals surface area contributed by atoms with E-state index in [1.807, 2.05) is 24.3 Å². The van der Waals surface area contributed by atoms with Gasteiger partial charge >= 0.3 is 0 Å². The van der Waals surface area contributed by atoms with Crippen LogP contribution in [-0.4, -0.2) is 36.8 Å². The van der Waals surface area contributed by atoms with E-state index in [1.54, 1.807) is 7.11 Å². The van der Waals surface area contributed by atoms with E-state index in [9.17, 15) is 0 Å². The number of aromatic nitrogens is 2. The molecule has 0 aliphatic carbocycles. The van der Waals surface area contributed by atoms with E-state index >= 15 is 0 Å². The standard InChI is InChI=1S/C15H19ClN4O/c1-21-8-7-18-15-10-14(19-11-20-15)17-6-5-12-3-2-4-13(16)9-12/h2-4,9-11H,5-8H2,1H3,(H2,17,18,19,20). The highest BCUT2D eigenvalue weighted by Crippen LogP contribution is 2.12. The molecule has 0 saturated heterocycles. The summed E-state index contributed by atoms with van der Waals surface area (Å²) < 4.78 is 4.99. The molecule has 2 aromatic rings. The van der Waals surface area contributed by atoms with E-state index in [2.05, 4.69) is 26.7 Å². The molecule has 112 valence electrons. The van der Waals surface area contributed by atoms with Gasteiger partial charge in [0, 0.05) is 31.3 Å². The zero-order chi connectivity index (χ0) is 14.9. The van der Waals surface area contributed by atoms with Crippen LogP contribution in [0.1, 0.15) is 5.56 Å². The zero-order valence-corrected chi connectivity index (χ0v) is 12.7. The molecule has 1 heterocycles. The number of nitrogens with zero attached hydrogens (tertiary/aromatic N) is 2. The fourth-order valence-electron chi connectivity index (χ4n) is 1.86. The molecule has 2 rings (SSSR count). The molecule has 0 bridgehead atoms. The Morgan fingerprint density at radius 2 is 1.86 bits per heavy atom. The van der Waals surface area contributed by atoms with Crippen molar-refractivity contribution in [2.75, 3.05) is 37.4 Å². The average Bonchev–Trinajstić information content (AvgIpc) is 2.48. The van der Waals surface area contributed by atoms with Gasteiger partial charge in [-0.05, 0) is 24.1 Å². The van der Waals surface area contributed by atoms with E-state index < -0.39 is 0 Å². The molecule has 0 atom stereocenters. The quantitative estimate of drug-likeness (QED) is 0.734. The topological polar surface area (TPSA) is 59.1 Å². The normalized spacial score (nSPS) is 10.4. The van der Waals surface area contributed by atoms with Gasteiger partial charge in [0.05, 0.1) is 6.61 Å². The Morgan fingerprint density at radius 3 is 2.57 bits per heavy atom. The third-order valence-electron chi connectivity index (χ3n) is 2.89. The fourth-order valence-corrected chi connectivity index (χ4v) is 2.07. The first-order chi connectivity index (χ1) is 10.3. The second-order valence-electron chi connectivity index (χ2n) is 4.51. The van der Waals surface area contributed by atoms with Crippen LogP contribution in [0.3, 0.4) is 0 Å². The second-order valence-corrected chi connectivity index (χ2v) is 4.95. The Kier molecular flexibility index (Phi) is 6.24. The van der Waals surface area contributed by atoms with Crippen LogP contribution in [0, 0.1) is 0 Å². The van der Waals surface area contributed by atoms with Crippen LogP contribution in [0.2, 0.25) is 5.02 Å². The van der Waals surface area contributed by atoms with Gasteiger partial charge in [-0.25, -0.2) is 9.97 Å². The summed E-state index contributed by atoms with van der Waals surface area (Å²) in [6.07, 6.45) is 2.42. The van der Waals surface area contributed by atoms with Gasteiger partial charge in [0.1, 0.15) is 18.0 Å². The maximum Gasteiger partial charge on any atom is 0.131 e. The first-order valence-electron chi connectivity index (χ1n) is 6.81. The lowest BCUT2D eigenvalue weighted by molar-refractivity contribution is 0.210. The summed E-state index contributed by atoms with van der Waals surface area (Å²) in [4.78, 5) is 8.35. The molecule has 0 fully saturated rings. The van der Waals surface area contributed by atoms with Crippen LogP contribution in [0.5, 0.6) is 0 Å². The van der Waals surface area contributed by atoms with E-state index in [0.717, 1.165) is 36.2 Å². The lowest BCUT2D eigenvalue weighted by Crippen LogP contribution is -2.10. The smallest absolute Gasteiger partial charge is 0.131 e. The molecule has 1 aromatic carbocycles. The number of rotatable bonds is 8. The number of halogens is 1. The third-order valence-corrected chi connectivity index (χ3v) is 3.12. The molecule has 0 aliphatic heterocycles. The second kappa shape index (κ2) is 8.44. The van der Waals surface area contributed by atoms with Crippen molar-refractivity contribution in [1.82, 2.24) is 9.97 Å². The highest BCUT2D eigenvalue weighted by Gasteiger charge is 1.99. The molecule has 0 radical (unpaired) electrons. The van der Waals surface area contributed by atoms with Crippen molar-refractivity contribution in [2.24, 2.45) is 0 Å². The predicted octanol–water partition coefficient (Wildman–Crippen LogP) is 2.84. The summed E-state index contributed by atoms with van der Waals surface area (Å²) >= 11 is 5.96. The van der Waals surface area contributed by atoms with Gasteiger partial charge in [-0.2, -0.15) is 0 Å². The number of methoxy groups -OCH3 is 1. The van der Waals surface area contributed by atoms with Crippen LogP contribution >= 0.6 is 11.6 Å². The molecular weight excluding hydrogens is 288 g/mol. The summed E-state index contributed by atoms with van der Waals surface area (Å²) in [5, 5.41) is 7.21. The number of hydrogen-bond donors (Lipinski definition) is 2. The Balaban J connectivity index is 1.81. The van der Waals surface area contributed by atoms with Gasteiger partial charge in [0.15, 0.2) is 0 Å². The average molecular weight is 307 g/mol. The molecule has 0 unspecified atom stereocenters. The number of nitrogens with one attached hydrogen (secondary N) is 2. The van der Waals surface area contributed by atoms with Crippen LogP contribution in [-0.2, 0) is 11.2 Å². The van der Waals surface area contributed by atoms with E-state index in [4.69, 9.17) is 16.3 Å². The minimum absolute atomic E-state index is 0.640. The maximum absolute atomic E-state index is 5.96. The van der Waals surface area contributed by atoms with Crippen LogP contribution in [0.15, 0.2) is 36.7 Å². The fraction of sp³-hybridized carbons (Fsp3) is 0.333. The van der Waals surface area contributed by atoms with Crippen molar-refractivity contribution in [2.45, 2.75) is 6.42 Å². The van der Waals surface area contributed by atoms with Crippen molar-refractivity contribution in [3.63, 3.8) is 0 Å². The number of anilines is 2. The van der Waals surface area contributed by atoms with Crippen molar-refractivity contribution >= 4 is 23.2 Å². The van der Waals surface area contributed by atoms with Crippen molar-refractivity contribution in [1.29, 1.82) is 0 Å². The van der Waals surface area contributed by atoms with E-state index in [0.29, 0.717) is 6.61 Å². The number of benzene rings is 1. The van der Waals surface area contributed by atoms with Crippen LogP contribution in [0.4, 0.5) is 11.6 Å². The molecule has 0 aliphatic rings. The maximum atomic E-state index is 5.96. The summed E-state index contributed by atoms with van der Waals surface area (Å²) in [6, 6.07) is 9.75. The Bertz CT molecular complexity index is 565. The number of ether oxygens (including phenoxy) is 1. The predicted molar refractivity (Wildman–Crippen MR) is 86.0 cm³/mol. The largest absolute Gasteiger partial charge is 0.383 e. The summed E-state index contributed by atoms with van der Waals surface area (Å²) in [7, 11) is 1.67. The van der Waals surface area contributed by atoms with E-state index in [-0.39, 0.29) is 0 Å².